The van der Waals surface area contributed by atoms with E-state index in [1.807, 2.05) is 11.3 Å². The minimum atomic E-state index is -0.0174. The van der Waals surface area contributed by atoms with Crippen LogP contribution >= 0.6 is 11.3 Å². The van der Waals surface area contributed by atoms with Crippen LogP contribution in [0.25, 0.3) is 91.7 Å². The number of fused-ring (bicyclic) bond motifs is 15. The molecule has 1 aliphatic carbocycles. The molecule has 0 amide bonds. The van der Waals surface area contributed by atoms with Crippen molar-refractivity contribution >= 4 is 116 Å². The van der Waals surface area contributed by atoms with Gasteiger partial charge < -0.3 is 18.7 Å². The van der Waals surface area contributed by atoms with E-state index in [4.69, 9.17) is 8.83 Å². The zero-order valence-electron chi connectivity index (χ0n) is 39.8. The van der Waals surface area contributed by atoms with Crippen molar-refractivity contribution in [2.24, 2.45) is 0 Å². The van der Waals surface area contributed by atoms with Crippen LogP contribution in [-0.2, 0) is 21.7 Å². The molecular formula is C60H55BN2O2S. The Morgan fingerprint density at radius 1 is 0.606 bits per heavy atom. The number of nitrogens with one attached hydrogen (secondary N) is 1. The molecule has 0 bridgehead atoms. The molecule has 0 unspecified atom stereocenters. The molecule has 4 aromatic heterocycles. The van der Waals surface area contributed by atoms with E-state index in [1.165, 1.54) is 86.3 Å². The number of hydrogen-bond acceptors (Lipinski definition) is 4. The molecule has 7 aromatic carbocycles. The molecule has 4 nitrogen and oxygen atoms in total. The van der Waals surface area contributed by atoms with Crippen molar-refractivity contribution in [1.82, 2.24) is 4.57 Å². The molecule has 1 aliphatic heterocycles. The summed E-state index contributed by atoms with van der Waals surface area (Å²) in [7, 11) is 0.664. The van der Waals surface area contributed by atoms with E-state index in [2.05, 4.69) is 194 Å². The molecule has 1 N–H and O–H groups in total. The number of benzene rings is 7. The minimum Gasteiger partial charge on any atom is -0.469 e. The van der Waals surface area contributed by atoms with E-state index in [-0.39, 0.29) is 21.7 Å². The fourth-order valence-electron chi connectivity index (χ4n) is 11.7. The van der Waals surface area contributed by atoms with Gasteiger partial charge in [-0.3, -0.25) is 0 Å². The maximum Gasteiger partial charge on any atom is 0.244 e. The fourth-order valence-corrected chi connectivity index (χ4v) is 13.0. The Morgan fingerprint density at radius 2 is 1.27 bits per heavy atom. The third kappa shape index (κ3) is 5.63. The Hall–Kier alpha value is -6.24. The predicted octanol–water partition coefficient (Wildman–Crippen LogP) is 15.9. The first-order valence-corrected chi connectivity index (χ1v) is 24.6. The number of anilines is 2. The third-order valence-electron chi connectivity index (χ3n) is 15.6. The molecule has 66 heavy (non-hydrogen) atoms. The van der Waals surface area contributed by atoms with Crippen LogP contribution < -0.4 is 16.4 Å². The lowest BCUT2D eigenvalue weighted by molar-refractivity contribution is 0.332. The number of furan rings is 2. The third-order valence-corrected chi connectivity index (χ3v) is 16.8. The summed E-state index contributed by atoms with van der Waals surface area (Å²) >= 11 is 1.95. The van der Waals surface area contributed by atoms with Gasteiger partial charge in [-0.2, -0.15) is 0 Å². The van der Waals surface area contributed by atoms with Crippen molar-refractivity contribution in [2.45, 2.75) is 104 Å². The average Bonchev–Trinajstić information content (AvgIpc) is 4.03. The summed E-state index contributed by atoms with van der Waals surface area (Å²) in [5, 5.41) is 12.7. The first-order chi connectivity index (χ1) is 31.4. The van der Waals surface area contributed by atoms with Gasteiger partial charge in [0, 0.05) is 64.4 Å². The molecule has 6 heteroatoms. The molecule has 2 aliphatic rings. The molecule has 0 radical (unpaired) electrons. The Balaban J connectivity index is 1.22. The first kappa shape index (κ1) is 40.1. The Kier molecular flexibility index (Phi) is 8.03. The molecule has 13 rings (SSSR count). The number of thiophene rings is 1. The van der Waals surface area contributed by atoms with Gasteiger partial charge in [0.15, 0.2) is 0 Å². The summed E-state index contributed by atoms with van der Waals surface area (Å²) in [6.45, 7) is 23.6. The monoisotopic (exact) mass is 878 g/mol. The molecule has 326 valence electrons. The van der Waals surface area contributed by atoms with Gasteiger partial charge in [0.2, 0.25) is 7.28 Å². The molecule has 11 aromatic rings. The fraction of sp³-hybridized carbons (Fsp3) is 0.267. The number of rotatable bonds is 3. The SMILES string of the molecule is CC(C)(C)c1ccc(Nc2cc3oc4ccccc4c3cc2-c2c3c4c(c5cc6c(cc5n4-c4c(oc5ccc(C(C)(C)C)cc45)B3)C(C)(C)CCC6(C)C)c3sc4ccccc4c23)cc1. The summed E-state index contributed by atoms with van der Waals surface area (Å²) in [4.78, 5) is 0. The summed E-state index contributed by atoms with van der Waals surface area (Å²) in [6, 6.07) is 43.3. The second kappa shape index (κ2) is 13.2. The van der Waals surface area contributed by atoms with E-state index in [0.717, 1.165) is 63.0 Å². The Bertz CT molecular complexity index is 3890. The maximum absolute atomic E-state index is 7.15. The first-order valence-electron chi connectivity index (χ1n) is 23.8. The standard InChI is InChI=1S/C60H55BN2O2S/c1-57(2,3)32-19-22-34(23-20-32)62-43-31-47-37(35-15-11-13-17-45(35)64-47)28-38(43)49-50-36-16-12-14-18-48(36)66-55(50)51-39-29-41-42(60(9,10)26-25-59(41,7)8)30-44(39)63-53-40-27-33(58(4,5)6)21-24-46(40)65-56(53)61-52(49)54(51)63/h11-24,27-31,61-62H,25-26H2,1-10H3. The zero-order valence-corrected chi connectivity index (χ0v) is 40.6. The van der Waals surface area contributed by atoms with Crippen molar-refractivity contribution in [3.05, 3.63) is 138 Å². The number of hydrogen-bond donors (Lipinski definition) is 1. The molecule has 0 atom stereocenters. The maximum atomic E-state index is 7.15. The molecular weight excluding hydrogens is 824 g/mol. The summed E-state index contributed by atoms with van der Waals surface area (Å²) < 4.78 is 19.1. The van der Waals surface area contributed by atoms with Crippen LogP contribution in [0, 0.1) is 0 Å². The predicted molar refractivity (Wildman–Crippen MR) is 285 cm³/mol. The topological polar surface area (TPSA) is 43.2 Å². The van der Waals surface area contributed by atoms with Crippen LogP contribution in [0.4, 0.5) is 11.4 Å². The highest BCUT2D eigenvalue weighted by Gasteiger charge is 2.40. The minimum absolute atomic E-state index is 0.0174. The van der Waals surface area contributed by atoms with Crippen molar-refractivity contribution < 1.29 is 8.83 Å². The number of nitrogens with zero attached hydrogens (tertiary/aromatic N) is 1. The van der Waals surface area contributed by atoms with Crippen molar-refractivity contribution in [3.63, 3.8) is 0 Å². The summed E-state index contributed by atoms with van der Waals surface area (Å²) in [5.41, 5.74) is 18.9. The number of aromatic nitrogens is 1. The van der Waals surface area contributed by atoms with Gasteiger partial charge in [-0.15, -0.1) is 11.3 Å². The van der Waals surface area contributed by atoms with Crippen LogP contribution in [0.3, 0.4) is 0 Å². The van der Waals surface area contributed by atoms with E-state index >= 15 is 0 Å². The second-order valence-corrected chi connectivity index (χ2v) is 23.9. The Morgan fingerprint density at radius 3 is 2.02 bits per heavy atom. The van der Waals surface area contributed by atoms with E-state index in [0.29, 0.717) is 7.28 Å². The lowest BCUT2D eigenvalue weighted by Gasteiger charge is -2.42. The highest BCUT2D eigenvalue weighted by molar-refractivity contribution is 7.27. The van der Waals surface area contributed by atoms with Gasteiger partial charge in [-0.25, -0.2) is 0 Å². The van der Waals surface area contributed by atoms with E-state index in [1.54, 1.807) is 0 Å². The zero-order chi connectivity index (χ0) is 45.4. The van der Waals surface area contributed by atoms with Gasteiger partial charge in [0.25, 0.3) is 0 Å². The van der Waals surface area contributed by atoms with Gasteiger partial charge in [-0.05, 0) is 122 Å². The smallest absolute Gasteiger partial charge is 0.244 e. The van der Waals surface area contributed by atoms with E-state index < -0.39 is 0 Å². The molecule has 0 saturated carbocycles. The van der Waals surface area contributed by atoms with Gasteiger partial charge in [0.05, 0.1) is 28.1 Å². The van der Waals surface area contributed by atoms with E-state index in [9.17, 15) is 0 Å². The Labute approximate surface area is 390 Å². The molecule has 5 heterocycles. The van der Waals surface area contributed by atoms with Crippen molar-refractivity contribution in [3.8, 4) is 16.8 Å². The summed E-state index contributed by atoms with van der Waals surface area (Å²) in [6.07, 6.45) is 2.32. The van der Waals surface area contributed by atoms with Gasteiger partial charge in [-0.1, -0.05) is 124 Å². The number of para-hydroxylation sites is 1. The van der Waals surface area contributed by atoms with Crippen LogP contribution in [0.5, 0.6) is 0 Å². The van der Waals surface area contributed by atoms with Crippen molar-refractivity contribution in [1.29, 1.82) is 0 Å². The van der Waals surface area contributed by atoms with Gasteiger partial charge >= 0.3 is 0 Å². The lowest BCUT2D eigenvalue weighted by atomic mass is 9.61. The molecule has 0 saturated heterocycles. The second-order valence-electron chi connectivity index (χ2n) is 22.9. The highest BCUT2D eigenvalue weighted by atomic mass is 32.1. The molecule has 0 spiro atoms. The normalized spacial score (nSPS) is 15.7. The molecule has 0 fully saturated rings. The van der Waals surface area contributed by atoms with Gasteiger partial charge in [0.1, 0.15) is 16.7 Å². The van der Waals surface area contributed by atoms with Crippen LogP contribution in [0.2, 0.25) is 0 Å². The van der Waals surface area contributed by atoms with Crippen LogP contribution in [-0.4, -0.2) is 11.8 Å². The van der Waals surface area contributed by atoms with Crippen molar-refractivity contribution in [2.75, 3.05) is 5.32 Å². The lowest BCUT2D eigenvalue weighted by Crippen LogP contribution is -2.36. The van der Waals surface area contributed by atoms with Crippen LogP contribution in [0.1, 0.15) is 104 Å². The highest BCUT2D eigenvalue weighted by Crippen LogP contribution is 2.53. The summed E-state index contributed by atoms with van der Waals surface area (Å²) in [5.74, 6) is 0. The largest absolute Gasteiger partial charge is 0.469 e. The quantitative estimate of drug-likeness (QED) is 0.180. The van der Waals surface area contributed by atoms with Crippen LogP contribution in [0.15, 0.2) is 124 Å². The average molecular weight is 879 g/mol.